The van der Waals surface area contributed by atoms with Gasteiger partial charge in [0.05, 0.1) is 0 Å². The Hall–Kier alpha value is -1.78. The van der Waals surface area contributed by atoms with Gasteiger partial charge in [-0.25, -0.2) is 4.39 Å². The Morgan fingerprint density at radius 3 is 2.56 bits per heavy atom. The van der Waals surface area contributed by atoms with Gasteiger partial charge in [-0.3, -0.25) is 14.8 Å². The molecule has 3 heterocycles. The van der Waals surface area contributed by atoms with Gasteiger partial charge in [0, 0.05) is 37.6 Å². The fourth-order valence-corrected chi connectivity index (χ4v) is 4.79. The third-order valence-corrected chi connectivity index (χ3v) is 6.33. The van der Waals surface area contributed by atoms with Crippen LogP contribution in [0.5, 0.6) is 0 Å². The predicted molar refractivity (Wildman–Crippen MR) is 107 cm³/mol. The Kier molecular flexibility index (Phi) is 5.84. The van der Waals surface area contributed by atoms with Crippen LogP contribution in [-0.2, 0) is 13.1 Å². The summed E-state index contributed by atoms with van der Waals surface area (Å²) in [5.41, 5.74) is 3.30. The minimum absolute atomic E-state index is 0.0623. The van der Waals surface area contributed by atoms with E-state index in [2.05, 4.69) is 20.9 Å². The van der Waals surface area contributed by atoms with E-state index < -0.39 is 0 Å². The number of nitrogens with zero attached hydrogens (tertiary/aromatic N) is 3. The first-order chi connectivity index (χ1) is 13.2. The summed E-state index contributed by atoms with van der Waals surface area (Å²) in [7, 11) is 0. The van der Waals surface area contributed by atoms with E-state index >= 15 is 0 Å². The molecule has 0 N–H and O–H groups in total. The van der Waals surface area contributed by atoms with Crippen LogP contribution in [0, 0.1) is 24.6 Å². The maximum absolute atomic E-state index is 14.1. The Bertz CT molecular complexity index is 741. The van der Waals surface area contributed by atoms with E-state index in [0.29, 0.717) is 0 Å². The Morgan fingerprint density at radius 2 is 1.78 bits per heavy atom. The standard InChI is InChI=1S/C23H30FN3/c1-18-4-5-23(24)22(13-18)17-27-12-8-21(16-27)20-6-10-26(11-7-20)15-19-3-2-9-25-14-19/h2-5,9,13-14,20-21H,6-8,10-12,15-17H2,1H3. The van der Waals surface area contributed by atoms with Crippen molar-refractivity contribution in [2.45, 2.75) is 39.3 Å². The number of hydrogen-bond donors (Lipinski definition) is 0. The Morgan fingerprint density at radius 1 is 1.00 bits per heavy atom. The van der Waals surface area contributed by atoms with Crippen LogP contribution in [0.3, 0.4) is 0 Å². The first-order valence-electron chi connectivity index (χ1n) is 10.3. The number of piperidine rings is 1. The maximum atomic E-state index is 14.1. The molecular formula is C23H30FN3. The number of rotatable bonds is 5. The third-order valence-electron chi connectivity index (χ3n) is 6.33. The molecule has 1 atom stereocenters. The number of aryl methyl sites for hydroxylation is 1. The summed E-state index contributed by atoms with van der Waals surface area (Å²) in [5.74, 6) is 1.54. The van der Waals surface area contributed by atoms with Gasteiger partial charge in [0.1, 0.15) is 5.82 Å². The molecule has 1 aromatic heterocycles. The molecule has 0 spiro atoms. The van der Waals surface area contributed by atoms with Gasteiger partial charge >= 0.3 is 0 Å². The summed E-state index contributed by atoms with van der Waals surface area (Å²) in [6.07, 6.45) is 7.66. The van der Waals surface area contributed by atoms with E-state index in [4.69, 9.17) is 0 Å². The number of likely N-dealkylation sites (tertiary alicyclic amines) is 2. The molecule has 2 aliphatic rings. The first-order valence-corrected chi connectivity index (χ1v) is 10.3. The number of hydrogen-bond acceptors (Lipinski definition) is 3. The van der Waals surface area contributed by atoms with Gasteiger partial charge in [0.2, 0.25) is 0 Å². The second-order valence-electron chi connectivity index (χ2n) is 8.35. The van der Waals surface area contributed by atoms with Crippen LogP contribution in [0.4, 0.5) is 4.39 Å². The van der Waals surface area contributed by atoms with Gasteiger partial charge in [-0.2, -0.15) is 0 Å². The zero-order chi connectivity index (χ0) is 18.6. The normalized spacial score (nSPS) is 22.4. The van der Waals surface area contributed by atoms with E-state index in [1.807, 2.05) is 37.5 Å². The van der Waals surface area contributed by atoms with Crippen LogP contribution in [0.1, 0.15) is 36.0 Å². The van der Waals surface area contributed by atoms with Crippen LogP contribution >= 0.6 is 0 Å². The SMILES string of the molecule is Cc1ccc(F)c(CN2CCC(C3CCN(Cc4cccnc4)CC3)C2)c1. The van der Waals surface area contributed by atoms with Gasteiger partial charge in [-0.15, -0.1) is 0 Å². The van der Waals surface area contributed by atoms with Crippen molar-refractivity contribution in [1.82, 2.24) is 14.8 Å². The molecule has 1 aromatic carbocycles. The molecule has 144 valence electrons. The van der Waals surface area contributed by atoms with E-state index in [0.717, 1.165) is 49.1 Å². The molecule has 0 saturated carbocycles. The highest BCUT2D eigenvalue weighted by Gasteiger charge is 2.32. The topological polar surface area (TPSA) is 19.4 Å². The number of aromatic nitrogens is 1. The van der Waals surface area contributed by atoms with E-state index in [1.165, 1.54) is 37.9 Å². The van der Waals surface area contributed by atoms with Crippen LogP contribution in [0.15, 0.2) is 42.7 Å². The van der Waals surface area contributed by atoms with Gasteiger partial charge in [-0.05, 0) is 75.4 Å². The van der Waals surface area contributed by atoms with Crippen molar-refractivity contribution in [1.29, 1.82) is 0 Å². The summed E-state index contributed by atoms with van der Waals surface area (Å²) in [6, 6.07) is 9.64. The van der Waals surface area contributed by atoms with Crippen molar-refractivity contribution >= 4 is 0 Å². The maximum Gasteiger partial charge on any atom is 0.127 e. The highest BCUT2D eigenvalue weighted by molar-refractivity contribution is 5.24. The molecule has 4 rings (SSSR count). The highest BCUT2D eigenvalue weighted by atomic mass is 19.1. The molecule has 27 heavy (non-hydrogen) atoms. The molecular weight excluding hydrogens is 337 g/mol. The van der Waals surface area contributed by atoms with E-state index in [-0.39, 0.29) is 5.82 Å². The zero-order valence-corrected chi connectivity index (χ0v) is 16.3. The van der Waals surface area contributed by atoms with Crippen LogP contribution in [0.25, 0.3) is 0 Å². The smallest absolute Gasteiger partial charge is 0.127 e. The minimum Gasteiger partial charge on any atom is -0.299 e. The molecule has 0 bridgehead atoms. The molecule has 1 unspecified atom stereocenters. The average Bonchev–Trinajstić information content (AvgIpc) is 3.15. The first kappa shape index (κ1) is 18.6. The average molecular weight is 368 g/mol. The highest BCUT2D eigenvalue weighted by Crippen LogP contribution is 2.33. The molecule has 2 fully saturated rings. The van der Waals surface area contributed by atoms with Crippen LogP contribution in [-0.4, -0.2) is 41.0 Å². The summed E-state index contributed by atoms with van der Waals surface area (Å²) < 4.78 is 14.1. The van der Waals surface area contributed by atoms with Gasteiger partial charge in [0.15, 0.2) is 0 Å². The zero-order valence-electron chi connectivity index (χ0n) is 16.3. The van der Waals surface area contributed by atoms with Crippen molar-refractivity contribution in [3.05, 3.63) is 65.2 Å². The lowest BCUT2D eigenvalue weighted by molar-refractivity contribution is 0.141. The monoisotopic (exact) mass is 367 g/mol. The summed E-state index contributed by atoms with van der Waals surface area (Å²) in [6.45, 7) is 8.41. The molecule has 2 aliphatic heterocycles. The largest absolute Gasteiger partial charge is 0.299 e. The second-order valence-corrected chi connectivity index (χ2v) is 8.35. The molecule has 3 nitrogen and oxygen atoms in total. The Balaban J connectivity index is 1.26. The fourth-order valence-electron chi connectivity index (χ4n) is 4.79. The number of pyridine rings is 1. The lowest BCUT2D eigenvalue weighted by Gasteiger charge is -2.35. The van der Waals surface area contributed by atoms with Gasteiger partial charge in [-0.1, -0.05) is 23.8 Å². The molecule has 4 heteroatoms. The molecule has 0 amide bonds. The quantitative estimate of drug-likeness (QED) is 0.787. The molecule has 0 radical (unpaired) electrons. The van der Waals surface area contributed by atoms with Crippen molar-refractivity contribution in [3.63, 3.8) is 0 Å². The minimum atomic E-state index is -0.0623. The lowest BCUT2D eigenvalue weighted by atomic mass is 9.83. The number of benzene rings is 1. The van der Waals surface area contributed by atoms with E-state index in [9.17, 15) is 4.39 Å². The molecule has 2 saturated heterocycles. The fraction of sp³-hybridized carbons (Fsp3) is 0.522. The second kappa shape index (κ2) is 8.49. The summed E-state index contributed by atoms with van der Waals surface area (Å²) in [4.78, 5) is 9.23. The predicted octanol–water partition coefficient (Wildman–Crippen LogP) is 4.26. The van der Waals surface area contributed by atoms with Gasteiger partial charge in [0.25, 0.3) is 0 Å². The van der Waals surface area contributed by atoms with E-state index in [1.54, 1.807) is 6.07 Å². The van der Waals surface area contributed by atoms with Crippen LogP contribution in [0.2, 0.25) is 0 Å². The lowest BCUT2D eigenvalue weighted by Crippen LogP contribution is -2.36. The van der Waals surface area contributed by atoms with Crippen molar-refractivity contribution < 1.29 is 4.39 Å². The van der Waals surface area contributed by atoms with Crippen molar-refractivity contribution in [3.8, 4) is 0 Å². The number of halogens is 1. The van der Waals surface area contributed by atoms with Gasteiger partial charge < -0.3 is 0 Å². The Labute approximate surface area is 162 Å². The van der Waals surface area contributed by atoms with Crippen molar-refractivity contribution in [2.24, 2.45) is 11.8 Å². The summed E-state index contributed by atoms with van der Waals surface area (Å²) >= 11 is 0. The van der Waals surface area contributed by atoms with Crippen LogP contribution < -0.4 is 0 Å². The third kappa shape index (κ3) is 4.74. The molecule has 2 aromatic rings. The molecule has 0 aliphatic carbocycles. The van der Waals surface area contributed by atoms with Crippen molar-refractivity contribution in [2.75, 3.05) is 26.2 Å². The summed E-state index contributed by atoms with van der Waals surface area (Å²) in [5, 5.41) is 0.